The first-order valence-corrected chi connectivity index (χ1v) is 7.93. The first-order chi connectivity index (χ1) is 9.33. The summed E-state index contributed by atoms with van der Waals surface area (Å²) in [6.07, 6.45) is 11.4. The quantitative estimate of drug-likeness (QED) is 0.654. The molecular formula is C17H26N2. The molecule has 2 nitrogen and oxygen atoms in total. The van der Waals surface area contributed by atoms with Crippen LogP contribution in [0.5, 0.6) is 0 Å². The largest absolute Gasteiger partial charge is 0.399 e. The Hall–Kier alpha value is -1.02. The molecule has 3 rings (SSSR count). The Balaban J connectivity index is 1.68. The molecule has 2 saturated carbocycles. The summed E-state index contributed by atoms with van der Waals surface area (Å²) in [4.78, 5) is 2.79. The highest BCUT2D eigenvalue weighted by Gasteiger charge is 2.33. The molecule has 2 aliphatic rings. The molecule has 19 heavy (non-hydrogen) atoms. The van der Waals surface area contributed by atoms with Gasteiger partial charge in [0, 0.05) is 24.3 Å². The van der Waals surface area contributed by atoms with Crippen LogP contribution in [-0.2, 0) is 6.54 Å². The van der Waals surface area contributed by atoms with Gasteiger partial charge in [-0.1, -0.05) is 37.8 Å². The smallest absolute Gasteiger partial charge is 0.0314 e. The molecule has 104 valence electrons. The molecule has 0 amide bonds. The Morgan fingerprint density at radius 2 is 1.42 bits per heavy atom. The van der Waals surface area contributed by atoms with Gasteiger partial charge in [0.05, 0.1) is 0 Å². The van der Waals surface area contributed by atoms with Crippen LogP contribution in [0.15, 0.2) is 24.3 Å². The lowest BCUT2D eigenvalue weighted by Crippen LogP contribution is -2.36. The second-order valence-corrected chi connectivity index (χ2v) is 6.29. The molecule has 0 heterocycles. The number of anilines is 1. The van der Waals surface area contributed by atoms with Crippen LogP contribution in [0.4, 0.5) is 5.69 Å². The fraction of sp³-hybridized carbons (Fsp3) is 0.647. The van der Waals surface area contributed by atoms with E-state index < -0.39 is 0 Å². The first kappa shape index (κ1) is 13.0. The van der Waals surface area contributed by atoms with Crippen LogP contribution in [0.25, 0.3) is 0 Å². The van der Waals surface area contributed by atoms with Gasteiger partial charge in [-0.15, -0.1) is 0 Å². The third-order valence-electron chi connectivity index (χ3n) is 4.65. The third kappa shape index (κ3) is 3.50. The number of hydrogen-bond acceptors (Lipinski definition) is 2. The lowest BCUT2D eigenvalue weighted by molar-refractivity contribution is 0.160. The zero-order valence-corrected chi connectivity index (χ0v) is 11.9. The third-order valence-corrected chi connectivity index (χ3v) is 4.65. The van der Waals surface area contributed by atoms with Crippen molar-refractivity contribution in [1.29, 1.82) is 0 Å². The molecule has 2 N–H and O–H groups in total. The SMILES string of the molecule is Nc1ccc(CN(C2CCCCCC2)C2CC2)cc1. The summed E-state index contributed by atoms with van der Waals surface area (Å²) < 4.78 is 0. The molecule has 2 aliphatic carbocycles. The lowest BCUT2D eigenvalue weighted by Gasteiger charge is -2.31. The van der Waals surface area contributed by atoms with Crippen molar-refractivity contribution in [3.05, 3.63) is 29.8 Å². The lowest BCUT2D eigenvalue weighted by atomic mass is 10.1. The molecule has 0 saturated heterocycles. The van der Waals surface area contributed by atoms with Crippen molar-refractivity contribution >= 4 is 5.69 Å². The van der Waals surface area contributed by atoms with Crippen LogP contribution in [0.3, 0.4) is 0 Å². The maximum atomic E-state index is 5.78. The fourth-order valence-electron chi connectivity index (χ4n) is 3.39. The zero-order chi connectivity index (χ0) is 13.1. The summed E-state index contributed by atoms with van der Waals surface area (Å²) in [7, 11) is 0. The normalized spacial score (nSPS) is 21.5. The minimum atomic E-state index is 0.826. The number of hydrogen-bond donors (Lipinski definition) is 1. The van der Waals surface area contributed by atoms with Crippen LogP contribution in [-0.4, -0.2) is 17.0 Å². The van der Waals surface area contributed by atoms with E-state index in [1.807, 2.05) is 12.1 Å². The Morgan fingerprint density at radius 3 is 2.00 bits per heavy atom. The van der Waals surface area contributed by atoms with E-state index in [2.05, 4.69) is 17.0 Å². The van der Waals surface area contributed by atoms with Gasteiger partial charge in [0.2, 0.25) is 0 Å². The molecule has 0 radical (unpaired) electrons. The second kappa shape index (κ2) is 5.96. The molecule has 0 unspecified atom stereocenters. The van der Waals surface area contributed by atoms with Crippen LogP contribution in [0.2, 0.25) is 0 Å². The Bertz CT molecular complexity index is 386. The molecule has 1 aromatic carbocycles. The first-order valence-electron chi connectivity index (χ1n) is 7.93. The maximum Gasteiger partial charge on any atom is 0.0314 e. The van der Waals surface area contributed by atoms with E-state index in [0.717, 1.165) is 24.3 Å². The van der Waals surface area contributed by atoms with E-state index in [1.165, 1.54) is 56.9 Å². The molecular weight excluding hydrogens is 232 g/mol. The highest BCUT2D eigenvalue weighted by Crippen LogP contribution is 2.34. The summed E-state index contributed by atoms with van der Waals surface area (Å²) in [5, 5.41) is 0. The molecule has 1 aromatic rings. The van der Waals surface area contributed by atoms with Gasteiger partial charge in [0.25, 0.3) is 0 Å². The summed E-state index contributed by atoms with van der Waals surface area (Å²) in [6.45, 7) is 1.12. The van der Waals surface area contributed by atoms with E-state index in [0.29, 0.717) is 0 Å². The van der Waals surface area contributed by atoms with Gasteiger partial charge < -0.3 is 5.73 Å². The Labute approximate surface area is 117 Å². The zero-order valence-electron chi connectivity index (χ0n) is 11.9. The van der Waals surface area contributed by atoms with Gasteiger partial charge in [-0.3, -0.25) is 4.90 Å². The van der Waals surface area contributed by atoms with Gasteiger partial charge >= 0.3 is 0 Å². The summed E-state index contributed by atoms with van der Waals surface area (Å²) in [5.74, 6) is 0. The average Bonchev–Trinajstić information content (AvgIpc) is 3.25. The molecule has 0 bridgehead atoms. The van der Waals surface area contributed by atoms with Crippen molar-refractivity contribution in [1.82, 2.24) is 4.90 Å². The number of nitrogen functional groups attached to an aromatic ring is 1. The topological polar surface area (TPSA) is 29.3 Å². The highest BCUT2D eigenvalue weighted by atomic mass is 15.2. The molecule has 0 aromatic heterocycles. The highest BCUT2D eigenvalue weighted by molar-refractivity contribution is 5.39. The van der Waals surface area contributed by atoms with Gasteiger partial charge in [0.1, 0.15) is 0 Å². The van der Waals surface area contributed by atoms with Crippen LogP contribution < -0.4 is 5.73 Å². The van der Waals surface area contributed by atoms with E-state index in [-0.39, 0.29) is 0 Å². The fourth-order valence-corrected chi connectivity index (χ4v) is 3.39. The van der Waals surface area contributed by atoms with Gasteiger partial charge in [-0.25, -0.2) is 0 Å². The van der Waals surface area contributed by atoms with E-state index in [9.17, 15) is 0 Å². The van der Waals surface area contributed by atoms with Crippen molar-refractivity contribution in [2.24, 2.45) is 0 Å². The van der Waals surface area contributed by atoms with Gasteiger partial charge in [-0.2, -0.15) is 0 Å². The van der Waals surface area contributed by atoms with Crippen molar-refractivity contribution in [2.45, 2.75) is 70.0 Å². The van der Waals surface area contributed by atoms with Crippen molar-refractivity contribution in [3.8, 4) is 0 Å². The van der Waals surface area contributed by atoms with Gasteiger partial charge in [-0.05, 0) is 43.4 Å². The van der Waals surface area contributed by atoms with Crippen LogP contribution in [0.1, 0.15) is 56.9 Å². The van der Waals surface area contributed by atoms with Crippen molar-refractivity contribution in [3.63, 3.8) is 0 Å². The monoisotopic (exact) mass is 258 g/mol. The predicted molar refractivity (Wildman–Crippen MR) is 80.9 cm³/mol. The number of benzene rings is 1. The average molecular weight is 258 g/mol. The second-order valence-electron chi connectivity index (χ2n) is 6.29. The summed E-state index contributed by atoms with van der Waals surface area (Å²) >= 11 is 0. The standard InChI is InChI=1S/C17H26N2/c18-15-9-7-14(8-10-15)13-19(17-11-12-17)16-5-3-1-2-4-6-16/h7-10,16-17H,1-6,11-13,18H2. The van der Waals surface area contributed by atoms with E-state index in [4.69, 9.17) is 5.73 Å². The maximum absolute atomic E-state index is 5.78. The minimum absolute atomic E-state index is 0.826. The summed E-state index contributed by atoms with van der Waals surface area (Å²) in [5.41, 5.74) is 8.07. The van der Waals surface area contributed by atoms with Gasteiger partial charge in [0.15, 0.2) is 0 Å². The van der Waals surface area contributed by atoms with E-state index >= 15 is 0 Å². The van der Waals surface area contributed by atoms with Crippen LogP contribution >= 0.6 is 0 Å². The molecule has 2 heteroatoms. The van der Waals surface area contributed by atoms with E-state index in [1.54, 1.807) is 0 Å². The minimum Gasteiger partial charge on any atom is -0.399 e. The van der Waals surface area contributed by atoms with Crippen LogP contribution in [0, 0.1) is 0 Å². The number of nitrogens with zero attached hydrogens (tertiary/aromatic N) is 1. The molecule has 2 fully saturated rings. The number of nitrogens with two attached hydrogens (primary N) is 1. The number of rotatable bonds is 4. The Kier molecular flexibility index (Phi) is 4.07. The Morgan fingerprint density at radius 1 is 0.842 bits per heavy atom. The summed E-state index contributed by atoms with van der Waals surface area (Å²) in [6, 6.07) is 10.2. The van der Waals surface area contributed by atoms with Crippen molar-refractivity contribution in [2.75, 3.05) is 5.73 Å². The molecule has 0 spiro atoms. The van der Waals surface area contributed by atoms with Crippen molar-refractivity contribution < 1.29 is 0 Å². The molecule has 0 aliphatic heterocycles. The molecule has 0 atom stereocenters. The predicted octanol–water partition coefficient (Wildman–Crippen LogP) is 3.96.